The summed E-state index contributed by atoms with van der Waals surface area (Å²) < 4.78 is 6.04. The average molecular weight is 441 g/mol. The second-order valence-corrected chi connectivity index (χ2v) is 10.8. The molecular weight excluding hydrogens is 410 g/mol. The minimum Gasteiger partial charge on any atom is -0.236 e. The Morgan fingerprint density at radius 1 is 0.875 bits per heavy atom. The standard InChI is InChI=1S/C28H30N3S/c1-17-11-10-12-18(2)25(17)26-29-21-16-20(19(3)15-24(21)32-26)27-30(7)22-13-8-9-14-23(22)31(27)28(4,5)6/h8-16H,1-7H3/q+1. The van der Waals surface area contributed by atoms with E-state index in [-0.39, 0.29) is 5.54 Å². The van der Waals surface area contributed by atoms with Crippen LogP contribution in [0.2, 0.25) is 0 Å². The molecule has 4 heteroatoms. The highest BCUT2D eigenvalue weighted by atomic mass is 32.1. The molecule has 0 unspecified atom stereocenters. The molecule has 0 aliphatic carbocycles. The van der Waals surface area contributed by atoms with Gasteiger partial charge in [0.2, 0.25) is 0 Å². The van der Waals surface area contributed by atoms with E-state index in [1.54, 1.807) is 11.3 Å². The van der Waals surface area contributed by atoms with Gasteiger partial charge in [0.1, 0.15) is 10.5 Å². The molecule has 2 heterocycles. The van der Waals surface area contributed by atoms with E-state index < -0.39 is 0 Å². The van der Waals surface area contributed by atoms with E-state index in [0.717, 1.165) is 10.5 Å². The van der Waals surface area contributed by atoms with Crippen LogP contribution in [-0.2, 0) is 12.6 Å². The van der Waals surface area contributed by atoms with Crippen molar-refractivity contribution in [1.29, 1.82) is 0 Å². The Bertz CT molecular complexity index is 1470. The van der Waals surface area contributed by atoms with Crippen molar-refractivity contribution >= 4 is 32.6 Å². The molecule has 0 aliphatic heterocycles. The highest BCUT2D eigenvalue weighted by Gasteiger charge is 2.33. The molecule has 0 amide bonds. The Labute approximate surface area is 194 Å². The van der Waals surface area contributed by atoms with Crippen LogP contribution in [0, 0.1) is 20.8 Å². The fourth-order valence-corrected chi connectivity index (χ4v) is 6.09. The number of aryl methyl sites for hydroxylation is 4. The third-order valence-electron chi connectivity index (χ3n) is 6.35. The highest BCUT2D eigenvalue weighted by molar-refractivity contribution is 7.21. The topological polar surface area (TPSA) is 21.7 Å². The molecule has 0 fully saturated rings. The number of aromatic nitrogens is 3. The summed E-state index contributed by atoms with van der Waals surface area (Å²) in [5.41, 5.74) is 9.85. The van der Waals surface area contributed by atoms with E-state index in [1.807, 2.05) is 0 Å². The fourth-order valence-electron chi connectivity index (χ4n) is 4.87. The molecule has 3 nitrogen and oxygen atoms in total. The Kier molecular flexibility index (Phi) is 4.75. The second-order valence-electron chi connectivity index (χ2n) is 9.80. The van der Waals surface area contributed by atoms with Gasteiger partial charge in [0, 0.05) is 5.56 Å². The van der Waals surface area contributed by atoms with E-state index in [9.17, 15) is 0 Å². The molecule has 0 radical (unpaired) electrons. The number of thiazole rings is 1. The Morgan fingerprint density at radius 3 is 2.25 bits per heavy atom. The fraction of sp³-hybridized carbons (Fsp3) is 0.286. The smallest absolute Gasteiger partial charge is 0.236 e. The first-order valence-electron chi connectivity index (χ1n) is 11.1. The van der Waals surface area contributed by atoms with E-state index in [0.29, 0.717) is 0 Å². The molecule has 0 saturated carbocycles. The molecule has 162 valence electrons. The van der Waals surface area contributed by atoms with Crippen molar-refractivity contribution in [3.05, 3.63) is 71.3 Å². The predicted octanol–water partition coefficient (Wildman–Crippen LogP) is 7.09. The number of para-hydroxylation sites is 2. The number of imidazole rings is 1. The van der Waals surface area contributed by atoms with Crippen molar-refractivity contribution in [1.82, 2.24) is 9.55 Å². The van der Waals surface area contributed by atoms with Crippen LogP contribution < -0.4 is 4.57 Å². The molecule has 2 aromatic heterocycles. The van der Waals surface area contributed by atoms with Gasteiger partial charge in [-0.25, -0.2) is 14.1 Å². The molecule has 5 rings (SSSR count). The molecule has 0 saturated heterocycles. The number of benzene rings is 3. The third kappa shape index (κ3) is 3.17. The lowest BCUT2D eigenvalue weighted by molar-refractivity contribution is -0.634. The SMILES string of the molecule is Cc1cc2sc(-c3c(C)cccc3C)nc2cc1-c1n(C(C)(C)C)c2ccccc2[n+]1C. The zero-order valence-electron chi connectivity index (χ0n) is 19.9. The van der Waals surface area contributed by atoms with Gasteiger partial charge in [0.15, 0.2) is 11.0 Å². The van der Waals surface area contributed by atoms with E-state index in [2.05, 4.69) is 112 Å². The minimum absolute atomic E-state index is 0.0525. The van der Waals surface area contributed by atoms with E-state index in [4.69, 9.17) is 4.98 Å². The monoisotopic (exact) mass is 440 g/mol. The number of rotatable bonds is 2. The first kappa shape index (κ1) is 20.9. The van der Waals surface area contributed by atoms with Crippen molar-refractivity contribution in [3.8, 4) is 22.0 Å². The van der Waals surface area contributed by atoms with Gasteiger partial charge in [-0.3, -0.25) is 0 Å². The number of hydrogen-bond acceptors (Lipinski definition) is 2. The van der Waals surface area contributed by atoms with Gasteiger partial charge in [-0.2, -0.15) is 0 Å². The van der Waals surface area contributed by atoms with E-state index >= 15 is 0 Å². The quantitative estimate of drug-likeness (QED) is 0.269. The molecule has 3 aromatic carbocycles. The van der Waals surface area contributed by atoms with Crippen LogP contribution in [0.4, 0.5) is 0 Å². The maximum Gasteiger partial charge on any atom is 0.290 e. The van der Waals surface area contributed by atoms with Crippen molar-refractivity contribution < 1.29 is 4.57 Å². The number of nitrogens with zero attached hydrogens (tertiary/aromatic N) is 3. The van der Waals surface area contributed by atoms with Gasteiger partial charge in [-0.05, 0) is 82.5 Å². The summed E-state index contributed by atoms with van der Waals surface area (Å²) in [6.07, 6.45) is 0. The number of hydrogen-bond donors (Lipinski definition) is 0. The van der Waals surface area contributed by atoms with Gasteiger partial charge in [0.25, 0.3) is 5.82 Å². The minimum atomic E-state index is -0.0525. The summed E-state index contributed by atoms with van der Waals surface area (Å²) in [5.74, 6) is 1.22. The van der Waals surface area contributed by atoms with Crippen LogP contribution in [0.15, 0.2) is 54.6 Å². The lowest BCUT2D eigenvalue weighted by Crippen LogP contribution is -2.33. The zero-order chi connectivity index (χ0) is 22.8. The highest BCUT2D eigenvalue weighted by Crippen LogP contribution is 2.38. The zero-order valence-corrected chi connectivity index (χ0v) is 20.8. The number of fused-ring (bicyclic) bond motifs is 2. The molecule has 0 aliphatic rings. The van der Waals surface area contributed by atoms with Gasteiger partial charge >= 0.3 is 0 Å². The summed E-state index contributed by atoms with van der Waals surface area (Å²) >= 11 is 1.79. The molecule has 0 N–H and O–H groups in total. The Morgan fingerprint density at radius 2 is 1.56 bits per heavy atom. The Hall–Kier alpha value is -2.98. The van der Waals surface area contributed by atoms with Crippen LogP contribution in [-0.4, -0.2) is 9.55 Å². The maximum absolute atomic E-state index is 5.11. The summed E-state index contributed by atoms with van der Waals surface area (Å²) in [5, 5.41) is 1.10. The molecular formula is C28H30N3S+. The summed E-state index contributed by atoms with van der Waals surface area (Å²) in [7, 11) is 2.17. The van der Waals surface area contributed by atoms with Crippen LogP contribution in [0.5, 0.6) is 0 Å². The molecule has 0 spiro atoms. The normalized spacial score (nSPS) is 12.2. The van der Waals surface area contributed by atoms with Crippen LogP contribution in [0.25, 0.3) is 43.2 Å². The first-order valence-corrected chi connectivity index (χ1v) is 12.0. The average Bonchev–Trinajstić information content (AvgIpc) is 3.25. The third-order valence-corrected chi connectivity index (χ3v) is 7.39. The Balaban J connectivity index is 1.79. The van der Waals surface area contributed by atoms with Crippen molar-refractivity contribution in [2.45, 2.75) is 47.1 Å². The maximum atomic E-state index is 5.11. The molecule has 32 heavy (non-hydrogen) atoms. The lowest BCUT2D eigenvalue weighted by Gasteiger charge is -2.19. The second kappa shape index (κ2) is 7.28. The van der Waals surface area contributed by atoms with Crippen molar-refractivity contribution in [3.63, 3.8) is 0 Å². The van der Waals surface area contributed by atoms with Crippen molar-refractivity contribution in [2.75, 3.05) is 0 Å². The van der Waals surface area contributed by atoms with Gasteiger partial charge in [-0.15, -0.1) is 11.3 Å². The summed E-state index contributed by atoms with van der Waals surface area (Å²) in [4.78, 5) is 5.11. The van der Waals surface area contributed by atoms with Gasteiger partial charge in [0.05, 0.1) is 22.8 Å². The van der Waals surface area contributed by atoms with Crippen LogP contribution >= 0.6 is 11.3 Å². The molecule has 5 aromatic rings. The van der Waals surface area contributed by atoms with Crippen molar-refractivity contribution in [2.24, 2.45) is 7.05 Å². The largest absolute Gasteiger partial charge is 0.290 e. The molecule has 0 bridgehead atoms. The van der Waals surface area contributed by atoms with Crippen LogP contribution in [0.3, 0.4) is 0 Å². The van der Waals surface area contributed by atoms with E-state index in [1.165, 1.54) is 49.4 Å². The summed E-state index contributed by atoms with van der Waals surface area (Å²) in [6.45, 7) is 13.4. The van der Waals surface area contributed by atoms with Gasteiger partial charge < -0.3 is 0 Å². The summed E-state index contributed by atoms with van der Waals surface area (Å²) in [6, 6.07) is 19.7. The predicted molar refractivity (Wildman–Crippen MR) is 136 cm³/mol. The van der Waals surface area contributed by atoms with Gasteiger partial charge in [-0.1, -0.05) is 30.3 Å². The molecule has 0 atom stereocenters. The van der Waals surface area contributed by atoms with Crippen LogP contribution in [0.1, 0.15) is 37.5 Å². The lowest BCUT2D eigenvalue weighted by atomic mass is 10.0. The first-order chi connectivity index (χ1) is 15.2.